The van der Waals surface area contributed by atoms with Gasteiger partial charge in [-0.15, -0.1) is 0 Å². The van der Waals surface area contributed by atoms with Crippen LogP contribution in [0.2, 0.25) is 0 Å². The van der Waals surface area contributed by atoms with E-state index in [9.17, 15) is 4.79 Å². The molecule has 1 aromatic rings. The molecule has 0 radical (unpaired) electrons. The predicted molar refractivity (Wildman–Crippen MR) is 81.0 cm³/mol. The zero-order valence-electron chi connectivity index (χ0n) is 12.6. The van der Waals surface area contributed by atoms with Gasteiger partial charge in [0, 0.05) is 31.9 Å². The molecule has 1 heterocycles. The number of methoxy groups -OCH3 is 1. The van der Waals surface area contributed by atoms with Crippen molar-refractivity contribution in [3.05, 3.63) is 29.8 Å². The van der Waals surface area contributed by atoms with Crippen molar-refractivity contribution < 1.29 is 9.53 Å². The van der Waals surface area contributed by atoms with E-state index in [2.05, 4.69) is 25.2 Å². The van der Waals surface area contributed by atoms with Crippen molar-refractivity contribution in [2.24, 2.45) is 0 Å². The van der Waals surface area contributed by atoms with Gasteiger partial charge in [0.05, 0.1) is 12.5 Å². The van der Waals surface area contributed by atoms with Crippen molar-refractivity contribution in [2.45, 2.75) is 32.2 Å². The van der Waals surface area contributed by atoms with Gasteiger partial charge in [0.2, 0.25) is 5.91 Å². The second-order valence-corrected chi connectivity index (χ2v) is 5.47. The van der Waals surface area contributed by atoms with E-state index in [1.807, 2.05) is 23.1 Å². The number of anilines is 1. The molecule has 1 aromatic carbocycles. The molecule has 20 heavy (non-hydrogen) atoms. The molecule has 4 nitrogen and oxygen atoms in total. The summed E-state index contributed by atoms with van der Waals surface area (Å²) in [6.45, 7) is 6.19. The lowest BCUT2D eigenvalue weighted by Crippen LogP contribution is -2.43. The van der Waals surface area contributed by atoms with Gasteiger partial charge in [-0.3, -0.25) is 4.79 Å². The van der Waals surface area contributed by atoms with Gasteiger partial charge in [-0.05, 0) is 31.9 Å². The van der Waals surface area contributed by atoms with Crippen LogP contribution in [-0.4, -0.2) is 43.7 Å². The molecule has 1 N–H and O–H groups in total. The molecular formula is C16H24N2O2. The van der Waals surface area contributed by atoms with Crippen molar-refractivity contribution in [3.8, 4) is 0 Å². The third-order valence-electron chi connectivity index (χ3n) is 3.83. The van der Waals surface area contributed by atoms with Crippen LogP contribution in [0, 0.1) is 0 Å². The molecular weight excluding hydrogens is 252 g/mol. The molecule has 1 atom stereocenters. The molecule has 0 bridgehead atoms. The molecule has 0 saturated heterocycles. The average Bonchev–Trinajstić information content (AvgIpc) is 2.46. The summed E-state index contributed by atoms with van der Waals surface area (Å²) < 4.78 is 5.12. The maximum atomic E-state index is 12.9. The summed E-state index contributed by atoms with van der Waals surface area (Å²) in [6.07, 6.45) is 0.853. The van der Waals surface area contributed by atoms with Crippen molar-refractivity contribution in [2.75, 3.05) is 32.1 Å². The largest absolute Gasteiger partial charge is 0.385 e. The second-order valence-electron chi connectivity index (χ2n) is 5.47. The van der Waals surface area contributed by atoms with E-state index >= 15 is 0 Å². The van der Waals surface area contributed by atoms with E-state index < -0.39 is 0 Å². The summed E-state index contributed by atoms with van der Waals surface area (Å²) in [7, 11) is 1.67. The zero-order chi connectivity index (χ0) is 14.5. The number of benzene rings is 1. The molecule has 0 aliphatic carbocycles. The van der Waals surface area contributed by atoms with E-state index in [0.717, 1.165) is 24.2 Å². The summed E-state index contributed by atoms with van der Waals surface area (Å²) in [5.74, 6) is 0.178. The molecule has 0 saturated carbocycles. The van der Waals surface area contributed by atoms with Gasteiger partial charge in [-0.1, -0.05) is 18.2 Å². The number of para-hydroxylation sites is 1. The third kappa shape index (κ3) is 3.12. The Morgan fingerprint density at radius 1 is 1.45 bits per heavy atom. The van der Waals surface area contributed by atoms with Crippen LogP contribution in [-0.2, 0) is 9.53 Å². The van der Waals surface area contributed by atoms with Crippen molar-refractivity contribution >= 4 is 11.6 Å². The minimum atomic E-state index is -0.0355. The van der Waals surface area contributed by atoms with Crippen molar-refractivity contribution in [1.82, 2.24) is 4.90 Å². The first kappa shape index (κ1) is 14.9. The third-order valence-corrected chi connectivity index (χ3v) is 3.83. The molecule has 4 heteroatoms. The number of nitrogens with zero attached hydrogens (tertiary/aromatic N) is 1. The summed E-state index contributed by atoms with van der Waals surface area (Å²) in [4.78, 5) is 14.8. The SMILES string of the molecule is COCCN(C(=O)C1CCNc2ccccc21)C(C)C. The molecule has 1 aliphatic heterocycles. The van der Waals surface area contributed by atoms with E-state index in [4.69, 9.17) is 4.74 Å². The number of amides is 1. The van der Waals surface area contributed by atoms with Crippen LogP contribution < -0.4 is 5.32 Å². The minimum Gasteiger partial charge on any atom is -0.385 e. The molecule has 1 amide bonds. The van der Waals surface area contributed by atoms with Gasteiger partial charge < -0.3 is 15.0 Å². The van der Waals surface area contributed by atoms with Crippen LogP contribution in [0.4, 0.5) is 5.69 Å². The van der Waals surface area contributed by atoms with Gasteiger partial charge in [-0.25, -0.2) is 0 Å². The monoisotopic (exact) mass is 276 g/mol. The smallest absolute Gasteiger partial charge is 0.230 e. The number of hydrogen-bond acceptors (Lipinski definition) is 3. The number of ether oxygens (including phenoxy) is 1. The highest BCUT2D eigenvalue weighted by atomic mass is 16.5. The number of rotatable bonds is 5. The molecule has 0 aromatic heterocycles. The number of fused-ring (bicyclic) bond motifs is 1. The van der Waals surface area contributed by atoms with Crippen LogP contribution in [0.1, 0.15) is 31.7 Å². The first-order valence-electron chi connectivity index (χ1n) is 7.27. The highest BCUT2D eigenvalue weighted by Gasteiger charge is 2.30. The van der Waals surface area contributed by atoms with E-state index in [-0.39, 0.29) is 17.9 Å². The quantitative estimate of drug-likeness (QED) is 0.898. The molecule has 0 fully saturated rings. The van der Waals surface area contributed by atoms with E-state index in [0.29, 0.717) is 13.2 Å². The van der Waals surface area contributed by atoms with Gasteiger partial charge >= 0.3 is 0 Å². The Labute approximate surface area is 121 Å². The van der Waals surface area contributed by atoms with Crippen LogP contribution >= 0.6 is 0 Å². The topological polar surface area (TPSA) is 41.6 Å². The lowest BCUT2D eigenvalue weighted by Gasteiger charge is -2.33. The number of nitrogens with one attached hydrogen (secondary N) is 1. The van der Waals surface area contributed by atoms with Gasteiger partial charge in [-0.2, -0.15) is 0 Å². The van der Waals surface area contributed by atoms with Crippen LogP contribution in [0.3, 0.4) is 0 Å². The fourth-order valence-electron chi connectivity index (χ4n) is 2.74. The fraction of sp³-hybridized carbons (Fsp3) is 0.562. The summed E-state index contributed by atoms with van der Waals surface area (Å²) in [6, 6.07) is 8.30. The van der Waals surface area contributed by atoms with Crippen molar-refractivity contribution in [3.63, 3.8) is 0 Å². The molecule has 0 spiro atoms. The van der Waals surface area contributed by atoms with Gasteiger partial charge in [0.25, 0.3) is 0 Å². The number of hydrogen-bond donors (Lipinski definition) is 1. The van der Waals surface area contributed by atoms with E-state index in [1.54, 1.807) is 7.11 Å². The standard InChI is InChI=1S/C16H24N2O2/c1-12(2)18(10-11-20-3)16(19)14-8-9-17-15-7-5-4-6-13(14)15/h4-7,12,14,17H,8-11H2,1-3H3. The van der Waals surface area contributed by atoms with E-state index in [1.165, 1.54) is 0 Å². The fourth-order valence-corrected chi connectivity index (χ4v) is 2.74. The normalized spacial score (nSPS) is 17.5. The Morgan fingerprint density at radius 2 is 2.20 bits per heavy atom. The molecule has 1 aliphatic rings. The molecule has 110 valence electrons. The summed E-state index contributed by atoms with van der Waals surface area (Å²) in [5.41, 5.74) is 2.21. The second kappa shape index (κ2) is 6.75. The number of carbonyl (C=O) groups excluding carboxylic acids is 1. The van der Waals surface area contributed by atoms with Crippen LogP contribution in [0.25, 0.3) is 0 Å². The van der Waals surface area contributed by atoms with Crippen LogP contribution in [0.15, 0.2) is 24.3 Å². The molecule has 1 unspecified atom stereocenters. The minimum absolute atomic E-state index is 0.0355. The average molecular weight is 276 g/mol. The Morgan fingerprint density at radius 3 is 2.90 bits per heavy atom. The maximum absolute atomic E-state index is 12.9. The Hall–Kier alpha value is -1.55. The van der Waals surface area contributed by atoms with Crippen molar-refractivity contribution in [1.29, 1.82) is 0 Å². The summed E-state index contributed by atoms with van der Waals surface area (Å²) in [5, 5.41) is 3.36. The Balaban J connectivity index is 2.20. The maximum Gasteiger partial charge on any atom is 0.230 e. The highest BCUT2D eigenvalue weighted by molar-refractivity contribution is 5.86. The Kier molecular flexibility index (Phi) is 5.01. The molecule has 2 rings (SSSR count). The highest BCUT2D eigenvalue weighted by Crippen LogP contribution is 2.33. The van der Waals surface area contributed by atoms with Gasteiger partial charge in [0.1, 0.15) is 0 Å². The number of carbonyl (C=O) groups is 1. The lowest BCUT2D eigenvalue weighted by atomic mass is 9.89. The first-order chi connectivity index (χ1) is 9.65. The Bertz CT molecular complexity index is 460. The van der Waals surface area contributed by atoms with Gasteiger partial charge in [0.15, 0.2) is 0 Å². The summed E-state index contributed by atoms with van der Waals surface area (Å²) >= 11 is 0. The van der Waals surface area contributed by atoms with Crippen LogP contribution in [0.5, 0.6) is 0 Å². The zero-order valence-corrected chi connectivity index (χ0v) is 12.6. The lowest BCUT2D eigenvalue weighted by molar-refractivity contribution is -0.135. The predicted octanol–water partition coefficient (Wildman–Crippen LogP) is 2.47. The first-order valence-corrected chi connectivity index (χ1v) is 7.27.